The summed E-state index contributed by atoms with van der Waals surface area (Å²) in [5.74, 6) is 1.02. The topological polar surface area (TPSA) is 9.23 Å². The zero-order valence-corrected chi connectivity index (χ0v) is 8.73. The summed E-state index contributed by atoms with van der Waals surface area (Å²) in [6.07, 6.45) is 4.42. The Morgan fingerprint density at radius 2 is 1.81 bits per heavy atom. The van der Waals surface area contributed by atoms with E-state index in [0.717, 1.165) is 5.75 Å². The normalized spacial score (nSPS) is 14.2. The van der Waals surface area contributed by atoms with E-state index in [0.29, 0.717) is 6.61 Å². The third kappa shape index (κ3) is 0.904. The molecule has 2 aromatic carbocycles. The van der Waals surface area contributed by atoms with Crippen molar-refractivity contribution in [2.75, 3.05) is 6.61 Å². The number of hydrogen-bond donors (Lipinski definition) is 0. The van der Waals surface area contributed by atoms with Crippen LogP contribution in [-0.4, -0.2) is 6.61 Å². The highest BCUT2D eigenvalue weighted by Crippen LogP contribution is 2.26. The molecule has 0 atom stereocenters. The summed E-state index contributed by atoms with van der Waals surface area (Å²) in [4.78, 5) is 0. The molecule has 0 N–H and O–H groups in total. The predicted octanol–water partition coefficient (Wildman–Crippen LogP) is 1.67. The van der Waals surface area contributed by atoms with Gasteiger partial charge in [-0.2, -0.15) is 0 Å². The van der Waals surface area contributed by atoms with E-state index in [9.17, 15) is 0 Å². The summed E-state index contributed by atoms with van der Waals surface area (Å²) in [6, 6.07) is 12.8. The molecule has 1 aliphatic heterocycles. The van der Waals surface area contributed by atoms with Crippen LogP contribution in [0.25, 0.3) is 23.3 Å². The third-order valence-corrected chi connectivity index (χ3v) is 3.32. The van der Waals surface area contributed by atoms with Crippen molar-refractivity contribution in [1.29, 1.82) is 0 Å². The molecule has 0 saturated heterocycles. The van der Waals surface area contributed by atoms with E-state index >= 15 is 0 Å². The van der Waals surface area contributed by atoms with Crippen LogP contribution in [0, 0.1) is 0 Å². The molecule has 0 aromatic heterocycles. The van der Waals surface area contributed by atoms with Crippen LogP contribution < -0.4 is 15.2 Å². The van der Waals surface area contributed by atoms with Crippen LogP contribution in [0.5, 0.6) is 5.75 Å². The Bertz CT molecular complexity index is 711. The van der Waals surface area contributed by atoms with Crippen molar-refractivity contribution in [3.8, 4) is 16.9 Å². The number of benzene rings is 2. The molecule has 1 aliphatic carbocycles. The van der Waals surface area contributed by atoms with E-state index in [-0.39, 0.29) is 0 Å². The first-order valence-electron chi connectivity index (χ1n) is 5.51. The van der Waals surface area contributed by atoms with E-state index in [1.165, 1.54) is 27.1 Å². The Morgan fingerprint density at radius 1 is 0.875 bits per heavy atom. The van der Waals surface area contributed by atoms with Crippen molar-refractivity contribution >= 4 is 12.2 Å². The average Bonchev–Trinajstić information content (AvgIpc) is 2.92. The second-order valence-corrected chi connectivity index (χ2v) is 4.19. The van der Waals surface area contributed by atoms with Crippen LogP contribution in [0.1, 0.15) is 5.56 Å². The van der Waals surface area contributed by atoms with Gasteiger partial charge in [0.25, 0.3) is 0 Å². The molecule has 1 nitrogen and oxygen atoms in total. The van der Waals surface area contributed by atoms with Crippen molar-refractivity contribution in [2.45, 2.75) is 0 Å². The fourth-order valence-corrected chi connectivity index (χ4v) is 2.58. The molecule has 16 heavy (non-hydrogen) atoms. The molecule has 0 bridgehead atoms. The van der Waals surface area contributed by atoms with Crippen LogP contribution in [0.15, 0.2) is 36.4 Å². The van der Waals surface area contributed by atoms with E-state index < -0.39 is 0 Å². The Morgan fingerprint density at radius 3 is 2.81 bits per heavy atom. The van der Waals surface area contributed by atoms with Gasteiger partial charge in [-0.25, -0.2) is 0 Å². The predicted molar refractivity (Wildman–Crippen MR) is 64.7 cm³/mol. The molecular formula is C15H10O. The molecule has 0 fully saturated rings. The molecule has 1 heterocycles. The first kappa shape index (κ1) is 8.17. The minimum atomic E-state index is 0.704. The molecule has 2 aliphatic rings. The summed E-state index contributed by atoms with van der Waals surface area (Å²) in [5.41, 5.74) is 3.97. The SMILES string of the molecule is C1=c2c(ccc3c2=Cc2ccccc2-3)OC1. The van der Waals surface area contributed by atoms with Gasteiger partial charge in [-0.05, 0) is 40.1 Å². The lowest BCUT2D eigenvalue weighted by atomic mass is 10.0. The van der Waals surface area contributed by atoms with Crippen molar-refractivity contribution in [2.24, 2.45) is 0 Å². The summed E-state index contributed by atoms with van der Waals surface area (Å²) in [6.45, 7) is 0.704. The van der Waals surface area contributed by atoms with Crippen LogP contribution in [-0.2, 0) is 0 Å². The molecule has 76 valence electrons. The third-order valence-electron chi connectivity index (χ3n) is 3.32. The van der Waals surface area contributed by atoms with E-state index in [4.69, 9.17) is 4.74 Å². The Balaban J connectivity index is 2.19. The maximum Gasteiger partial charge on any atom is 0.127 e. The molecule has 0 saturated carbocycles. The molecule has 2 aromatic rings. The maximum absolute atomic E-state index is 5.55. The lowest BCUT2D eigenvalue weighted by molar-refractivity contribution is 0.385. The molecule has 0 unspecified atom stereocenters. The van der Waals surface area contributed by atoms with E-state index in [1.54, 1.807) is 0 Å². The van der Waals surface area contributed by atoms with Crippen molar-refractivity contribution in [3.63, 3.8) is 0 Å². The second-order valence-electron chi connectivity index (χ2n) is 4.19. The highest BCUT2D eigenvalue weighted by Gasteiger charge is 2.15. The van der Waals surface area contributed by atoms with Gasteiger partial charge in [0.1, 0.15) is 12.4 Å². The highest BCUT2D eigenvalue weighted by atomic mass is 16.5. The average molecular weight is 206 g/mol. The van der Waals surface area contributed by atoms with Crippen LogP contribution in [0.3, 0.4) is 0 Å². The first-order valence-corrected chi connectivity index (χ1v) is 5.51. The lowest BCUT2D eigenvalue weighted by Crippen LogP contribution is -2.23. The van der Waals surface area contributed by atoms with Gasteiger partial charge < -0.3 is 4.74 Å². The fourth-order valence-electron chi connectivity index (χ4n) is 2.58. The van der Waals surface area contributed by atoms with Gasteiger partial charge in [0.2, 0.25) is 0 Å². The van der Waals surface area contributed by atoms with E-state index in [1.807, 2.05) is 0 Å². The lowest BCUT2D eigenvalue weighted by Gasteiger charge is -2.01. The van der Waals surface area contributed by atoms with Gasteiger partial charge in [0.15, 0.2) is 0 Å². The minimum Gasteiger partial charge on any atom is -0.489 e. The van der Waals surface area contributed by atoms with Gasteiger partial charge in [-0.1, -0.05) is 30.3 Å². The first-order chi connectivity index (χ1) is 7.93. The number of fused-ring (bicyclic) bond motifs is 5. The van der Waals surface area contributed by atoms with Gasteiger partial charge >= 0.3 is 0 Å². The van der Waals surface area contributed by atoms with Crippen LogP contribution in [0.4, 0.5) is 0 Å². The Hall–Kier alpha value is -2.02. The van der Waals surface area contributed by atoms with Crippen molar-refractivity contribution < 1.29 is 4.74 Å². The van der Waals surface area contributed by atoms with Crippen LogP contribution in [0.2, 0.25) is 0 Å². The van der Waals surface area contributed by atoms with Crippen LogP contribution >= 0.6 is 0 Å². The molecule has 0 spiro atoms. The zero-order chi connectivity index (χ0) is 10.5. The maximum atomic E-state index is 5.55. The van der Waals surface area contributed by atoms with Gasteiger partial charge in [0, 0.05) is 5.22 Å². The monoisotopic (exact) mass is 206 g/mol. The van der Waals surface area contributed by atoms with Crippen molar-refractivity contribution in [1.82, 2.24) is 0 Å². The molecule has 1 heteroatoms. The van der Waals surface area contributed by atoms with E-state index in [2.05, 4.69) is 48.6 Å². The number of hydrogen-bond acceptors (Lipinski definition) is 1. The summed E-state index contributed by atoms with van der Waals surface area (Å²) in [7, 11) is 0. The molecule has 4 rings (SSSR count). The molecule has 0 amide bonds. The standard InChI is InChI=1S/C15H10O/c1-2-4-11-10(3-1)9-14-12(11)5-6-15-13(14)7-8-16-15/h1-7,9H,8H2. The highest BCUT2D eigenvalue weighted by molar-refractivity contribution is 5.83. The second kappa shape index (κ2) is 2.76. The molecule has 0 radical (unpaired) electrons. The minimum absolute atomic E-state index is 0.704. The number of ether oxygens (including phenoxy) is 1. The zero-order valence-electron chi connectivity index (χ0n) is 8.73. The van der Waals surface area contributed by atoms with Gasteiger partial charge in [-0.15, -0.1) is 0 Å². The summed E-state index contributed by atoms with van der Waals surface area (Å²) >= 11 is 0. The van der Waals surface area contributed by atoms with Gasteiger partial charge in [-0.3, -0.25) is 0 Å². The number of rotatable bonds is 0. The largest absolute Gasteiger partial charge is 0.489 e. The smallest absolute Gasteiger partial charge is 0.127 e. The fraction of sp³-hybridized carbons (Fsp3) is 0.0667. The van der Waals surface area contributed by atoms with Gasteiger partial charge in [0.05, 0.1) is 0 Å². The summed E-state index contributed by atoms with van der Waals surface area (Å²) in [5, 5.41) is 2.57. The molecular weight excluding hydrogens is 196 g/mol. The van der Waals surface area contributed by atoms with Crippen molar-refractivity contribution in [3.05, 3.63) is 52.4 Å². The Labute approximate surface area is 93.3 Å². The Kier molecular flexibility index (Phi) is 1.41. The quantitative estimate of drug-likeness (QED) is 0.543. The summed E-state index contributed by atoms with van der Waals surface area (Å²) < 4.78 is 5.55.